The molecule has 0 aliphatic heterocycles. The molecule has 1 atom stereocenters. The normalized spacial score (nSPS) is 12.5. The van der Waals surface area contributed by atoms with Gasteiger partial charge in [-0.05, 0) is 20.8 Å². The third-order valence-corrected chi connectivity index (χ3v) is 4.66. The molecule has 28 heavy (non-hydrogen) atoms. The van der Waals surface area contributed by atoms with Crippen LogP contribution in [0.4, 0.5) is 11.8 Å². The highest BCUT2D eigenvalue weighted by molar-refractivity contribution is 5.92. The molecule has 4 heterocycles. The number of nitriles is 1. The molecule has 1 unspecified atom stereocenters. The van der Waals surface area contributed by atoms with E-state index in [-0.39, 0.29) is 12.1 Å². The van der Waals surface area contributed by atoms with Crippen molar-refractivity contribution in [2.45, 2.75) is 32.9 Å². The third kappa shape index (κ3) is 2.87. The van der Waals surface area contributed by atoms with E-state index < -0.39 is 0 Å². The number of nitrogens with two attached hydrogens (primary N) is 1. The summed E-state index contributed by atoms with van der Waals surface area (Å²) in [6.07, 6.45) is 6.64. The average Bonchev–Trinajstić information content (AvgIpc) is 3.28. The van der Waals surface area contributed by atoms with Crippen LogP contribution in [0, 0.1) is 11.3 Å². The predicted molar refractivity (Wildman–Crippen MR) is 106 cm³/mol. The van der Waals surface area contributed by atoms with Gasteiger partial charge in [0.15, 0.2) is 5.65 Å². The lowest BCUT2D eigenvalue weighted by Crippen LogP contribution is -2.17. The van der Waals surface area contributed by atoms with Crippen molar-refractivity contribution in [1.29, 1.82) is 5.26 Å². The van der Waals surface area contributed by atoms with E-state index in [1.54, 1.807) is 18.7 Å². The summed E-state index contributed by atoms with van der Waals surface area (Å²) in [4.78, 5) is 21.5. The molecule has 142 valence electrons. The molecule has 0 fully saturated rings. The number of aromatic nitrogens is 7. The van der Waals surface area contributed by atoms with Crippen molar-refractivity contribution in [3.05, 3.63) is 30.6 Å². The molecule has 0 spiro atoms. The number of nitrogen functional groups attached to an aromatic ring is 1. The number of nitrogens with one attached hydrogen (secondary N) is 1. The zero-order chi connectivity index (χ0) is 19.8. The molecule has 4 rings (SSSR count). The van der Waals surface area contributed by atoms with E-state index in [1.807, 2.05) is 16.1 Å². The minimum Gasteiger partial charge on any atom is -0.383 e. The molecular weight excluding hydrogens is 356 g/mol. The smallest absolute Gasteiger partial charge is 0.224 e. The highest BCUT2D eigenvalue weighted by atomic mass is 15.2. The van der Waals surface area contributed by atoms with Gasteiger partial charge in [-0.3, -0.25) is 0 Å². The fourth-order valence-corrected chi connectivity index (χ4v) is 3.16. The van der Waals surface area contributed by atoms with E-state index in [9.17, 15) is 5.26 Å². The van der Waals surface area contributed by atoms with Crippen molar-refractivity contribution in [2.75, 3.05) is 17.6 Å². The van der Waals surface area contributed by atoms with Crippen LogP contribution >= 0.6 is 0 Å². The van der Waals surface area contributed by atoms with Crippen LogP contribution in [0.25, 0.3) is 22.2 Å². The van der Waals surface area contributed by atoms with Gasteiger partial charge in [0.2, 0.25) is 5.95 Å². The molecule has 0 bridgehead atoms. The molecule has 0 aliphatic rings. The number of hydrogen-bond donors (Lipinski definition) is 2. The quantitative estimate of drug-likeness (QED) is 0.541. The maximum absolute atomic E-state index is 9.40. The topological polar surface area (TPSA) is 136 Å². The van der Waals surface area contributed by atoms with Gasteiger partial charge in [0.05, 0.1) is 23.5 Å². The third-order valence-electron chi connectivity index (χ3n) is 4.66. The Labute approximate surface area is 161 Å². The monoisotopic (exact) mass is 376 g/mol. The second kappa shape index (κ2) is 6.77. The average molecular weight is 376 g/mol. The second-order valence-electron chi connectivity index (χ2n) is 6.90. The molecule has 3 N–H and O–H groups in total. The van der Waals surface area contributed by atoms with Crippen LogP contribution in [0.3, 0.4) is 0 Å². The fraction of sp³-hybridized carbons (Fsp3) is 0.333. The van der Waals surface area contributed by atoms with Crippen LogP contribution in [0.15, 0.2) is 25.0 Å². The summed E-state index contributed by atoms with van der Waals surface area (Å²) >= 11 is 0. The summed E-state index contributed by atoms with van der Waals surface area (Å²) in [5, 5.41) is 13.2. The summed E-state index contributed by atoms with van der Waals surface area (Å²) in [5.41, 5.74) is 8.57. The lowest BCUT2D eigenvalue weighted by molar-refractivity contribution is 0.586. The van der Waals surface area contributed by atoms with Crippen molar-refractivity contribution in [1.82, 2.24) is 34.1 Å². The molecule has 0 amide bonds. The van der Waals surface area contributed by atoms with Crippen molar-refractivity contribution in [3.63, 3.8) is 0 Å². The zero-order valence-electron chi connectivity index (χ0n) is 15.8. The van der Waals surface area contributed by atoms with Crippen molar-refractivity contribution in [3.8, 4) is 6.07 Å². The van der Waals surface area contributed by atoms with E-state index >= 15 is 0 Å². The van der Waals surface area contributed by atoms with Crippen molar-refractivity contribution >= 4 is 34.0 Å². The van der Waals surface area contributed by atoms with Gasteiger partial charge in [0.25, 0.3) is 0 Å². The van der Waals surface area contributed by atoms with Gasteiger partial charge in [0, 0.05) is 24.8 Å². The Hall–Kier alpha value is -3.74. The number of fused-ring (bicyclic) bond motifs is 2. The molecule has 0 radical (unpaired) electrons. The summed E-state index contributed by atoms with van der Waals surface area (Å²) in [5.74, 6) is 0.823. The van der Waals surface area contributed by atoms with Crippen LogP contribution in [-0.2, 0) is 0 Å². The van der Waals surface area contributed by atoms with E-state index in [2.05, 4.69) is 50.2 Å². The lowest BCUT2D eigenvalue weighted by Gasteiger charge is -2.15. The molecule has 4 aromatic heterocycles. The molecule has 0 saturated carbocycles. The fourth-order valence-electron chi connectivity index (χ4n) is 3.16. The SMILES string of the molecule is CC(C)n1cnc2cnc(NCC(C)n3cc(C#N)c4c(N)ncnc43)nc21. The minimum absolute atomic E-state index is 0.0202. The van der Waals surface area contributed by atoms with Gasteiger partial charge in [-0.1, -0.05) is 0 Å². The Balaban J connectivity index is 1.60. The lowest BCUT2D eigenvalue weighted by atomic mass is 10.2. The first-order valence-corrected chi connectivity index (χ1v) is 8.94. The van der Waals surface area contributed by atoms with Gasteiger partial charge in [-0.25, -0.2) is 19.9 Å². The van der Waals surface area contributed by atoms with Crippen molar-refractivity contribution < 1.29 is 0 Å². The van der Waals surface area contributed by atoms with Crippen LogP contribution in [0.1, 0.15) is 38.4 Å². The van der Waals surface area contributed by atoms with Crippen LogP contribution < -0.4 is 11.1 Å². The summed E-state index contributed by atoms with van der Waals surface area (Å²) < 4.78 is 3.92. The van der Waals surface area contributed by atoms with Crippen molar-refractivity contribution in [2.24, 2.45) is 0 Å². The van der Waals surface area contributed by atoms with Gasteiger partial charge in [0.1, 0.15) is 29.4 Å². The molecule has 0 aliphatic carbocycles. The number of hydrogen-bond acceptors (Lipinski definition) is 8. The van der Waals surface area contributed by atoms with Gasteiger partial charge in [-0.2, -0.15) is 10.2 Å². The molecular formula is C18H20N10. The Morgan fingerprint density at radius 1 is 1.14 bits per heavy atom. The molecule has 0 saturated heterocycles. The Bertz CT molecular complexity index is 1200. The summed E-state index contributed by atoms with van der Waals surface area (Å²) in [6, 6.07) is 2.39. The maximum Gasteiger partial charge on any atom is 0.224 e. The van der Waals surface area contributed by atoms with Gasteiger partial charge in [-0.15, -0.1) is 0 Å². The van der Waals surface area contributed by atoms with Crippen LogP contribution in [0.2, 0.25) is 0 Å². The number of imidazole rings is 1. The zero-order valence-corrected chi connectivity index (χ0v) is 15.8. The number of nitrogens with zero attached hydrogens (tertiary/aromatic N) is 8. The number of anilines is 2. The van der Waals surface area contributed by atoms with Crippen LogP contribution in [0.5, 0.6) is 0 Å². The minimum atomic E-state index is -0.0202. The molecule has 10 heteroatoms. The highest BCUT2D eigenvalue weighted by Crippen LogP contribution is 2.26. The Kier molecular flexibility index (Phi) is 4.27. The molecule has 4 aromatic rings. The first kappa shape index (κ1) is 17.7. The Morgan fingerprint density at radius 3 is 2.71 bits per heavy atom. The highest BCUT2D eigenvalue weighted by Gasteiger charge is 2.17. The largest absolute Gasteiger partial charge is 0.383 e. The first-order chi connectivity index (χ1) is 13.5. The predicted octanol–water partition coefficient (Wildman–Crippen LogP) is 2.28. The van der Waals surface area contributed by atoms with E-state index in [0.29, 0.717) is 34.9 Å². The summed E-state index contributed by atoms with van der Waals surface area (Å²) in [7, 11) is 0. The van der Waals surface area contributed by atoms with E-state index in [0.717, 1.165) is 11.2 Å². The van der Waals surface area contributed by atoms with E-state index in [4.69, 9.17) is 5.73 Å². The Morgan fingerprint density at radius 2 is 1.96 bits per heavy atom. The van der Waals surface area contributed by atoms with Gasteiger partial charge < -0.3 is 20.2 Å². The first-order valence-electron chi connectivity index (χ1n) is 8.94. The molecule has 0 aromatic carbocycles. The summed E-state index contributed by atoms with van der Waals surface area (Å²) in [6.45, 7) is 6.72. The maximum atomic E-state index is 9.40. The standard InChI is InChI=1S/C18H20N10/c1-10(2)28-9-25-13-6-22-18(26-16(13)28)21-5-11(3)27-7-12(4-19)14-15(20)23-8-24-17(14)27/h6-11H,5H2,1-3H3,(H2,20,23,24)(H,21,22,26). The number of rotatable bonds is 5. The second-order valence-corrected chi connectivity index (χ2v) is 6.90. The van der Waals surface area contributed by atoms with Crippen LogP contribution in [-0.4, -0.2) is 40.6 Å². The molecule has 10 nitrogen and oxygen atoms in total. The van der Waals surface area contributed by atoms with Gasteiger partial charge >= 0.3 is 0 Å². The van der Waals surface area contributed by atoms with E-state index in [1.165, 1.54) is 6.33 Å².